The van der Waals surface area contributed by atoms with Crippen molar-refractivity contribution in [3.05, 3.63) is 82.9 Å². The Morgan fingerprint density at radius 1 is 1.12 bits per heavy atom. The number of carbonyl (C=O) groups excluding carboxylic acids is 3. The molecule has 2 atom stereocenters. The minimum Gasteiger partial charge on any atom is -0.330 e. The molecule has 0 saturated carbocycles. The molecule has 2 aliphatic heterocycles. The van der Waals surface area contributed by atoms with Crippen LogP contribution in [0, 0.1) is 11.7 Å². The van der Waals surface area contributed by atoms with Gasteiger partial charge in [0.2, 0.25) is 17.7 Å². The van der Waals surface area contributed by atoms with E-state index in [1.54, 1.807) is 17.2 Å². The van der Waals surface area contributed by atoms with Crippen molar-refractivity contribution in [2.24, 2.45) is 5.92 Å². The Kier molecular flexibility index (Phi) is 8.49. The van der Waals surface area contributed by atoms with Gasteiger partial charge in [-0.2, -0.15) is 0 Å². The van der Waals surface area contributed by atoms with Gasteiger partial charge in [0.25, 0.3) is 0 Å². The van der Waals surface area contributed by atoms with Crippen molar-refractivity contribution in [2.75, 3.05) is 17.2 Å². The standard InChI is InChI=1S/C32H32ClFN4O3/c1-19-7-3-6-10-28(27-17-21(13-15-35-27)23-8-4-5-9-25(23)37-32(19)41)38-16-14-22(18-29(38)40)30-26(36-20(2)39)12-11-24(33)31(30)34/h4-5,8-9,11-13,15,17-19,28H,3,6-7,10,14,16H2,1-2H3,(H,36,39)(H,37,41). The maximum atomic E-state index is 15.2. The fourth-order valence-electron chi connectivity index (χ4n) is 5.60. The Morgan fingerprint density at radius 3 is 2.68 bits per heavy atom. The fourth-order valence-corrected chi connectivity index (χ4v) is 5.76. The minimum atomic E-state index is -0.669. The molecular formula is C32H32ClFN4O3. The summed E-state index contributed by atoms with van der Waals surface area (Å²) in [5.74, 6) is -1.45. The highest BCUT2D eigenvalue weighted by Gasteiger charge is 2.31. The molecule has 2 bridgehead atoms. The lowest BCUT2D eigenvalue weighted by molar-refractivity contribution is -0.129. The summed E-state index contributed by atoms with van der Waals surface area (Å²) >= 11 is 6.08. The third-order valence-electron chi connectivity index (χ3n) is 7.74. The number of amides is 3. The van der Waals surface area contributed by atoms with Gasteiger partial charge in [0.15, 0.2) is 5.82 Å². The molecule has 2 aromatic carbocycles. The smallest absolute Gasteiger partial charge is 0.247 e. The van der Waals surface area contributed by atoms with Gasteiger partial charge in [-0.05, 0) is 60.7 Å². The van der Waals surface area contributed by atoms with Gasteiger partial charge in [-0.15, -0.1) is 0 Å². The van der Waals surface area contributed by atoms with Crippen LogP contribution in [0.3, 0.4) is 0 Å². The maximum absolute atomic E-state index is 15.2. The second kappa shape index (κ2) is 12.2. The first-order chi connectivity index (χ1) is 19.7. The Morgan fingerprint density at radius 2 is 1.90 bits per heavy atom. The first kappa shape index (κ1) is 28.5. The zero-order chi connectivity index (χ0) is 29.1. The monoisotopic (exact) mass is 574 g/mol. The van der Waals surface area contributed by atoms with E-state index in [9.17, 15) is 14.4 Å². The molecule has 2 unspecified atom stereocenters. The summed E-state index contributed by atoms with van der Waals surface area (Å²) in [6.45, 7) is 3.62. The van der Waals surface area contributed by atoms with Gasteiger partial charge < -0.3 is 15.5 Å². The van der Waals surface area contributed by atoms with E-state index >= 15 is 4.39 Å². The summed E-state index contributed by atoms with van der Waals surface area (Å²) in [6, 6.07) is 14.2. The average molecular weight is 575 g/mol. The third-order valence-corrected chi connectivity index (χ3v) is 8.03. The van der Waals surface area contributed by atoms with Crippen LogP contribution in [-0.2, 0) is 14.4 Å². The van der Waals surface area contributed by atoms with Crippen molar-refractivity contribution in [3.63, 3.8) is 0 Å². The number of para-hydroxylation sites is 1. The zero-order valence-electron chi connectivity index (χ0n) is 23.0. The van der Waals surface area contributed by atoms with Gasteiger partial charge in [-0.1, -0.05) is 49.6 Å². The van der Waals surface area contributed by atoms with Crippen LogP contribution < -0.4 is 10.6 Å². The quantitative estimate of drug-likeness (QED) is 0.352. The van der Waals surface area contributed by atoms with Gasteiger partial charge >= 0.3 is 0 Å². The number of carbonyl (C=O) groups is 3. The molecule has 3 amide bonds. The Balaban J connectivity index is 1.51. The average Bonchev–Trinajstić information content (AvgIpc) is 2.95. The van der Waals surface area contributed by atoms with Crippen LogP contribution in [0.1, 0.15) is 63.3 Å². The largest absolute Gasteiger partial charge is 0.330 e. The highest BCUT2D eigenvalue weighted by atomic mass is 35.5. The summed E-state index contributed by atoms with van der Waals surface area (Å²) in [5, 5.41) is 5.66. The van der Waals surface area contributed by atoms with Crippen molar-refractivity contribution in [2.45, 2.75) is 52.0 Å². The lowest BCUT2D eigenvalue weighted by Gasteiger charge is -2.34. The number of halogens is 2. The topological polar surface area (TPSA) is 91.4 Å². The molecule has 2 N–H and O–H groups in total. The molecule has 5 rings (SSSR count). The highest BCUT2D eigenvalue weighted by molar-refractivity contribution is 6.31. The van der Waals surface area contributed by atoms with Crippen LogP contribution in [0.25, 0.3) is 16.7 Å². The number of benzene rings is 2. The molecule has 1 aromatic heterocycles. The second-order valence-corrected chi connectivity index (χ2v) is 11.0. The van der Waals surface area contributed by atoms with Crippen LogP contribution in [0.15, 0.2) is 60.8 Å². The van der Waals surface area contributed by atoms with E-state index in [1.165, 1.54) is 19.1 Å². The van der Waals surface area contributed by atoms with E-state index in [2.05, 4.69) is 15.6 Å². The Hall–Kier alpha value is -4.04. The molecule has 7 nitrogen and oxygen atoms in total. The third kappa shape index (κ3) is 6.17. The number of rotatable bonds is 3. The van der Waals surface area contributed by atoms with Crippen molar-refractivity contribution < 1.29 is 18.8 Å². The van der Waals surface area contributed by atoms with Crippen molar-refractivity contribution in [1.29, 1.82) is 0 Å². The van der Waals surface area contributed by atoms with Gasteiger partial charge in [-0.3, -0.25) is 19.4 Å². The van der Waals surface area contributed by atoms with Gasteiger partial charge in [0, 0.05) is 48.5 Å². The summed E-state index contributed by atoms with van der Waals surface area (Å²) < 4.78 is 15.2. The summed E-state index contributed by atoms with van der Waals surface area (Å²) in [6.07, 6.45) is 6.57. The number of anilines is 2. The van der Waals surface area contributed by atoms with Gasteiger partial charge in [-0.25, -0.2) is 4.39 Å². The maximum Gasteiger partial charge on any atom is 0.247 e. The molecule has 0 aliphatic carbocycles. The molecule has 2 aliphatic rings. The summed E-state index contributed by atoms with van der Waals surface area (Å²) in [5.41, 5.74) is 4.16. The fraction of sp³-hybridized carbons (Fsp3) is 0.312. The number of fused-ring (bicyclic) bond motifs is 4. The first-order valence-electron chi connectivity index (χ1n) is 13.9. The van der Waals surface area contributed by atoms with Crippen LogP contribution >= 0.6 is 11.6 Å². The number of aromatic nitrogens is 1. The Bertz CT molecular complexity index is 1540. The highest BCUT2D eigenvalue weighted by Crippen LogP contribution is 2.38. The van der Waals surface area contributed by atoms with Crippen molar-refractivity contribution >= 4 is 46.3 Å². The van der Waals surface area contributed by atoms with Crippen LogP contribution in [0.5, 0.6) is 0 Å². The molecule has 9 heteroatoms. The van der Waals surface area contributed by atoms with Crippen LogP contribution in [0.2, 0.25) is 5.02 Å². The summed E-state index contributed by atoms with van der Waals surface area (Å²) in [7, 11) is 0. The Labute approximate surface area is 243 Å². The SMILES string of the molecule is CC(=O)Nc1ccc(Cl)c(F)c1C1=CC(=O)N(C2CCCCC(C)C(=O)Nc3ccccc3-c3ccnc2c3)CC1. The molecule has 0 radical (unpaired) electrons. The van der Waals surface area contributed by atoms with Crippen LogP contribution in [-0.4, -0.2) is 34.2 Å². The normalized spacial score (nSPS) is 19.6. The zero-order valence-corrected chi connectivity index (χ0v) is 23.8. The first-order valence-corrected chi connectivity index (χ1v) is 14.2. The molecule has 0 spiro atoms. The van der Waals surface area contributed by atoms with Crippen LogP contribution in [0.4, 0.5) is 15.8 Å². The van der Waals surface area contributed by atoms with E-state index in [0.29, 0.717) is 25.0 Å². The predicted molar refractivity (Wildman–Crippen MR) is 159 cm³/mol. The van der Waals surface area contributed by atoms with E-state index in [-0.39, 0.29) is 46.0 Å². The number of hydrogen-bond donors (Lipinski definition) is 2. The number of nitrogens with one attached hydrogen (secondary N) is 2. The molecule has 0 saturated heterocycles. The number of pyridine rings is 1. The second-order valence-electron chi connectivity index (χ2n) is 10.6. The van der Waals surface area contributed by atoms with E-state index in [0.717, 1.165) is 41.8 Å². The molecule has 212 valence electrons. The van der Waals surface area contributed by atoms with E-state index in [4.69, 9.17) is 11.6 Å². The molecule has 3 heterocycles. The number of nitrogens with zero attached hydrogens (tertiary/aromatic N) is 2. The summed E-state index contributed by atoms with van der Waals surface area (Å²) in [4.78, 5) is 44.8. The van der Waals surface area contributed by atoms with E-state index < -0.39 is 5.82 Å². The molecular weight excluding hydrogens is 543 g/mol. The molecule has 3 aromatic rings. The lowest BCUT2D eigenvalue weighted by Crippen LogP contribution is -2.38. The predicted octanol–water partition coefficient (Wildman–Crippen LogP) is 7.01. The van der Waals surface area contributed by atoms with Crippen molar-refractivity contribution in [1.82, 2.24) is 9.88 Å². The van der Waals surface area contributed by atoms with E-state index in [1.807, 2.05) is 43.3 Å². The minimum absolute atomic E-state index is 0.0155. The lowest BCUT2D eigenvalue weighted by atomic mass is 9.93. The molecule has 0 fully saturated rings. The number of hydrogen-bond acceptors (Lipinski definition) is 4. The molecule has 41 heavy (non-hydrogen) atoms. The van der Waals surface area contributed by atoms with Crippen molar-refractivity contribution in [3.8, 4) is 11.1 Å². The van der Waals surface area contributed by atoms with Gasteiger partial charge in [0.05, 0.1) is 22.4 Å². The van der Waals surface area contributed by atoms with Gasteiger partial charge in [0.1, 0.15) is 0 Å².